The van der Waals surface area contributed by atoms with Crippen LogP contribution in [-0.2, 0) is 11.2 Å². The molecule has 1 heterocycles. The Morgan fingerprint density at radius 2 is 1.83 bits per heavy atom. The van der Waals surface area contributed by atoms with Gasteiger partial charge < -0.3 is 10.1 Å². The first kappa shape index (κ1) is 21.2. The van der Waals surface area contributed by atoms with Gasteiger partial charge in [-0.15, -0.1) is 5.10 Å². The molecule has 30 heavy (non-hydrogen) atoms. The van der Waals surface area contributed by atoms with Crippen LogP contribution in [0, 0.1) is 5.82 Å². The minimum atomic E-state index is -0.728. The van der Waals surface area contributed by atoms with Gasteiger partial charge in [0.15, 0.2) is 6.10 Å². The van der Waals surface area contributed by atoms with Crippen molar-refractivity contribution in [1.82, 2.24) is 15.1 Å². The number of nitrogens with one attached hydrogen (secondary N) is 1. The fourth-order valence-corrected chi connectivity index (χ4v) is 2.96. The number of carbonyl (C=O) groups is 1. The van der Waals surface area contributed by atoms with Crippen molar-refractivity contribution in [3.05, 3.63) is 88.5 Å². The van der Waals surface area contributed by atoms with Crippen molar-refractivity contribution < 1.29 is 13.9 Å². The molecule has 0 fully saturated rings. The number of hydrogen-bond acceptors (Lipinski definition) is 4. The number of carbonyl (C=O) groups excluding carboxylic acids is 1. The Labute approximate surface area is 174 Å². The monoisotopic (exact) mass is 409 g/mol. The number of ether oxygens (including phenoxy) is 1. The van der Waals surface area contributed by atoms with Gasteiger partial charge in [-0.25, -0.2) is 4.39 Å². The first-order valence-electron chi connectivity index (χ1n) is 9.91. The zero-order valence-corrected chi connectivity index (χ0v) is 16.8. The lowest BCUT2D eigenvalue weighted by molar-refractivity contribution is -0.128. The SMILES string of the molecule is CC[C@H](Oc1ccc(=O)n(-c2ccc(F)cc2)n1)C(=O)NCCCc1ccccc1. The number of nitrogens with zero attached hydrogens (tertiary/aromatic N) is 2. The van der Waals surface area contributed by atoms with Crippen molar-refractivity contribution in [2.45, 2.75) is 32.3 Å². The summed E-state index contributed by atoms with van der Waals surface area (Å²) in [5.41, 5.74) is 1.25. The van der Waals surface area contributed by atoms with Crippen LogP contribution in [0.5, 0.6) is 5.88 Å². The normalized spacial score (nSPS) is 11.7. The Morgan fingerprint density at radius 3 is 2.53 bits per heavy atom. The van der Waals surface area contributed by atoms with Gasteiger partial charge in [0, 0.05) is 18.7 Å². The molecule has 6 nitrogen and oxygen atoms in total. The molecule has 0 spiro atoms. The van der Waals surface area contributed by atoms with Crippen molar-refractivity contribution in [3.63, 3.8) is 0 Å². The average molecular weight is 409 g/mol. The molecule has 156 valence electrons. The van der Waals surface area contributed by atoms with E-state index in [1.807, 2.05) is 25.1 Å². The number of amides is 1. The molecule has 0 bridgehead atoms. The summed E-state index contributed by atoms with van der Waals surface area (Å²) in [6.07, 6.45) is 1.42. The summed E-state index contributed by atoms with van der Waals surface area (Å²) in [5.74, 6) is -0.494. The number of benzene rings is 2. The number of aryl methyl sites for hydroxylation is 1. The molecule has 2 aromatic carbocycles. The van der Waals surface area contributed by atoms with E-state index in [2.05, 4.69) is 22.5 Å². The number of aromatic nitrogens is 2. The molecule has 1 atom stereocenters. The maximum absolute atomic E-state index is 13.1. The quantitative estimate of drug-likeness (QED) is 0.551. The van der Waals surface area contributed by atoms with Gasteiger partial charge in [0.1, 0.15) is 5.82 Å². The van der Waals surface area contributed by atoms with Gasteiger partial charge in [-0.3, -0.25) is 9.59 Å². The highest BCUT2D eigenvalue weighted by Gasteiger charge is 2.19. The lowest BCUT2D eigenvalue weighted by Crippen LogP contribution is -2.39. The molecule has 1 amide bonds. The smallest absolute Gasteiger partial charge is 0.271 e. The van der Waals surface area contributed by atoms with Crippen LogP contribution in [0.4, 0.5) is 4.39 Å². The molecule has 0 saturated carbocycles. The fourth-order valence-electron chi connectivity index (χ4n) is 2.96. The summed E-state index contributed by atoms with van der Waals surface area (Å²) in [6.45, 7) is 2.38. The molecule has 0 radical (unpaired) electrons. The van der Waals surface area contributed by atoms with E-state index in [-0.39, 0.29) is 17.3 Å². The Hall–Kier alpha value is -3.48. The Balaban J connectivity index is 1.59. The van der Waals surface area contributed by atoms with E-state index in [0.29, 0.717) is 18.7 Å². The topological polar surface area (TPSA) is 73.2 Å². The lowest BCUT2D eigenvalue weighted by atomic mass is 10.1. The van der Waals surface area contributed by atoms with E-state index in [1.165, 1.54) is 42.0 Å². The average Bonchev–Trinajstić information content (AvgIpc) is 2.77. The van der Waals surface area contributed by atoms with Crippen LogP contribution in [0.25, 0.3) is 5.69 Å². The molecule has 7 heteroatoms. The minimum Gasteiger partial charge on any atom is -0.463 e. The third-order valence-electron chi connectivity index (χ3n) is 4.56. The summed E-state index contributed by atoms with van der Waals surface area (Å²) in [4.78, 5) is 24.6. The maximum Gasteiger partial charge on any atom is 0.271 e. The Kier molecular flexibility index (Phi) is 7.32. The summed E-state index contributed by atoms with van der Waals surface area (Å²) < 4.78 is 20.0. The zero-order valence-electron chi connectivity index (χ0n) is 16.8. The minimum absolute atomic E-state index is 0.144. The summed E-state index contributed by atoms with van der Waals surface area (Å²) in [6, 6.07) is 18.2. The first-order chi connectivity index (χ1) is 14.6. The van der Waals surface area contributed by atoms with Crippen LogP contribution in [0.2, 0.25) is 0 Å². The molecule has 0 aliphatic rings. The molecule has 3 aromatic rings. The standard InChI is InChI=1S/C23H24FN3O3/c1-2-20(23(29)25-16-6-9-17-7-4-3-5-8-17)30-21-14-15-22(28)27(26-21)19-12-10-18(24)11-13-19/h3-5,7-8,10-15,20H,2,6,9,16H2,1H3,(H,25,29)/t20-/m0/s1. The largest absolute Gasteiger partial charge is 0.463 e. The second-order valence-electron chi connectivity index (χ2n) is 6.79. The van der Waals surface area contributed by atoms with Crippen LogP contribution >= 0.6 is 0 Å². The highest BCUT2D eigenvalue weighted by molar-refractivity contribution is 5.80. The molecular weight excluding hydrogens is 385 g/mol. The van der Waals surface area contributed by atoms with Crippen molar-refractivity contribution in [1.29, 1.82) is 0 Å². The lowest BCUT2D eigenvalue weighted by Gasteiger charge is -2.17. The van der Waals surface area contributed by atoms with Gasteiger partial charge in [0.25, 0.3) is 11.5 Å². The molecule has 0 unspecified atom stereocenters. The van der Waals surface area contributed by atoms with Crippen LogP contribution < -0.4 is 15.6 Å². The Morgan fingerprint density at radius 1 is 1.10 bits per heavy atom. The number of rotatable bonds is 9. The van der Waals surface area contributed by atoms with Crippen LogP contribution in [-0.4, -0.2) is 28.3 Å². The van der Waals surface area contributed by atoms with Gasteiger partial charge in [-0.2, -0.15) is 4.68 Å². The molecule has 1 aromatic heterocycles. The predicted molar refractivity (Wildman–Crippen MR) is 112 cm³/mol. The van der Waals surface area contributed by atoms with Crippen molar-refractivity contribution in [2.75, 3.05) is 6.54 Å². The fraction of sp³-hybridized carbons (Fsp3) is 0.261. The second-order valence-corrected chi connectivity index (χ2v) is 6.79. The van der Waals surface area contributed by atoms with E-state index < -0.39 is 11.9 Å². The van der Waals surface area contributed by atoms with E-state index >= 15 is 0 Å². The van der Waals surface area contributed by atoms with Gasteiger partial charge in [-0.05, 0) is 49.1 Å². The molecule has 0 saturated heterocycles. The third-order valence-corrected chi connectivity index (χ3v) is 4.56. The van der Waals surface area contributed by atoms with E-state index in [4.69, 9.17) is 4.74 Å². The van der Waals surface area contributed by atoms with Crippen LogP contribution in [0.1, 0.15) is 25.3 Å². The van der Waals surface area contributed by atoms with Crippen molar-refractivity contribution in [3.8, 4) is 11.6 Å². The number of halogens is 1. The summed E-state index contributed by atoms with van der Waals surface area (Å²) in [7, 11) is 0. The summed E-state index contributed by atoms with van der Waals surface area (Å²) in [5, 5.41) is 7.04. The predicted octanol–water partition coefficient (Wildman–Crippen LogP) is 3.28. The van der Waals surface area contributed by atoms with Crippen molar-refractivity contribution in [2.24, 2.45) is 0 Å². The first-order valence-corrected chi connectivity index (χ1v) is 9.91. The summed E-state index contributed by atoms with van der Waals surface area (Å²) >= 11 is 0. The Bertz CT molecular complexity index is 1020. The molecule has 0 aliphatic carbocycles. The third kappa shape index (κ3) is 5.76. The van der Waals surface area contributed by atoms with Crippen LogP contribution in [0.15, 0.2) is 71.5 Å². The van der Waals surface area contributed by atoms with Crippen molar-refractivity contribution >= 4 is 5.91 Å². The van der Waals surface area contributed by atoms with Crippen LogP contribution in [0.3, 0.4) is 0 Å². The molecule has 1 N–H and O–H groups in total. The molecule has 3 rings (SSSR count). The van der Waals surface area contributed by atoms with E-state index in [0.717, 1.165) is 17.5 Å². The molecule has 0 aliphatic heterocycles. The van der Waals surface area contributed by atoms with E-state index in [9.17, 15) is 14.0 Å². The molecular formula is C23H24FN3O3. The zero-order chi connectivity index (χ0) is 21.3. The van der Waals surface area contributed by atoms with Gasteiger partial charge in [0.05, 0.1) is 5.69 Å². The van der Waals surface area contributed by atoms with Gasteiger partial charge in [0.2, 0.25) is 5.88 Å². The van der Waals surface area contributed by atoms with Gasteiger partial charge in [-0.1, -0.05) is 37.3 Å². The highest BCUT2D eigenvalue weighted by Crippen LogP contribution is 2.11. The highest BCUT2D eigenvalue weighted by atomic mass is 19.1. The second kappa shape index (κ2) is 10.3. The maximum atomic E-state index is 13.1. The van der Waals surface area contributed by atoms with E-state index in [1.54, 1.807) is 0 Å². The number of hydrogen-bond donors (Lipinski definition) is 1. The van der Waals surface area contributed by atoms with Gasteiger partial charge >= 0.3 is 0 Å².